The number of hydrogen-bond donors (Lipinski definition) is 1. The van der Waals surface area contributed by atoms with Crippen molar-refractivity contribution in [3.8, 4) is 0 Å². The van der Waals surface area contributed by atoms with E-state index >= 15 is 4.39 Å². The van der Waals surface area contributed by atoms with E-state index in [2.05, 4.69) is 15.3 Å². The monoisotopic (exact) mass is 550 g/mol. The minimum atomic E-state index is -4.18. The molecule has 38 heavy (non-hydrogen) atoms. The van der Waals surface area contributed by atoms with Crippen molar-refractivity contribution in [3.05, 3.63) is 65.0 Å². The molecule has 4 rings (SSSR count). The number of nitrogens with zero attached hydrogens (tertiary/aromatic N) is 3. The van der Waals surface area contributed by atoms with Crippen molar-refractivity contribution < 1.29 is 36.3 Å². The Balaban J connectivity index is 1.77. The molecule has 1 aromatic carbocycles. The standard InChI is InChI=1S/C25H28F2N4O6S/c1-24(2,3)37-23(33)29-22-30-25(9-10-36-14-21(25)38(34,35)31(22)4)17-11-15(5-7-18(17)27)12-20(32)19-8-6-16(26)13-28-19/h5-8,11,13,21H,9-10,12,14H2,1-4H3,(H,29,30,33)/t21?,25-/m1/s1. The van der Waals surface area contributed by atoms with Crippen molar-refractivity contribution >= 4 is 27.9 Å². The third kappa shape index (κ3) is 5.39. The molecule has 1 amide bonds. The van der Waals surface area contributed by atoms with Gasteiger partial charge in [0.1, 0.15) is 33.7 Å². The number of aromatic nitrogens is 1. The van der Waals surface area contributed by atoms with Gasteiger partial charge in [-0.1, -0.05) is 6.07 Å². The summed E-state index contributed by atoms with van der Waals surface area (Å²) >= 11 is 0. The molecule has 0 bridgehead atoms. The Morgan fingerprint density at radius 2 is 1.97 bits per heavy atom. The fraction of sp³-hybridized carbons (Fsp3) is 0.440. The fourth-order valence-electron chi connectivity index (χ4n) is 4.45. The van der Waals surface area contributed by atoms with Crippen LogP contribution in [0.15, 0.2) is 41.5 Å². The van der Waals surface area contributed by atoms with Gasteiger partial charge >= 0.3 is 6.09 Å². The van der Waals surface area contributed by atoms with Crippen LogP contribution >= 0.6 is 0 Å². The van der Waals surface area contributed by atoms with Crippen LogP contribution in [0.2, 0.25) is 0 Å². The molecule has 2 aliphatic heterocycles. The van der Waals surface area contributed by atoms with Crippen LogP contribution in [0.4, 0.5) is 13.6 Å². The Morgan fingerprint density at radius 1 is 1.24 bits per heavy atom. The number of pyridine rings is 1. The van der Waals surface area contributed by atoms with Gasteiger partial charge in [-0.3, -0.25) is 15.1 Å². The molecule has 1 saturated heterocycles. The summed E-state index contributed by atoms with van der Waals surface area (Å²) in [6.07, 6.45) is -0.196. The SMILES string of the molecule is CN1C(NC(=O)OC(C)(C)C)=N[C@@]2(c3cc(CC(=O)c4ccc(F)cn4)ccc3F)CCOCC2S1(=O)=O. The van der Waals surface area contributed by atoms with Crippen molar-refractivity contribution in [1.82, 2.24) is 14.6 Å². The largest absolute Gasteiger partial charge is 0.444 e. The van der Waals surface area contributed by atoms with E-state index in [4.69, 9.17) is 9.47 Å². The van der Waals surface area contributed by atoms with Gasteiger partial charge in [0.05, 0.1) is 12.8 Å². The Hall–Kier alpha value is -3.45. The number of fused-ring (bicyclic) bond motifs is 1. The highest BCUT2D eigenvalue weighted by atomic mass is 32.2. The fourth-order valence-corrected chi connectivity index (χ4v) is 6.22. The lowest BCUT2D eigenvalue weighted by molar-refractivity contribution is 0.0501. The first-order valence-corrected chi connectivity index (χ1v) is 13.3. The molecule has 2 atom stereocenters. The Morgan fingerprint density at radius 3 is 2.63 bits per heavy atom. The van der Waals surface area contributed by atoms with Gasteiger partial charge in [0.2, 0.25) is 16.0 Å². The van der Waals surface area contributed by atoms with Gasteiger partial charge in [-0.2, -0.15) is 0 Å². The minimum Gasteiger partial charge on any atom is -0.444 e. The number of guanidine groups is 1. The van der Waals surface area contributed by atoms with E-state index in [0.717, 1.165) is 22.6 Å². The van der Waals surface area contributed by atoms with Crippen molar-refractivity contribution in [2.45, 2.75) is 50.0 Å². The summed E-state index contributed by atoms with van der Waals surface area (Å²) in [5.74, 6) is -2.08. The number of ketones is 1. The molecule has 0 spiro atoms. The lowest BCUT2D eigenvalue weighted by Gasteiger charge is -2.46. The Bertz CT molecular complexity index is 1390. The van der Waals surface area contributed by atoms with Gasteiger partial charge in [0, 0.05) is 32.1 Å². The summed E-state index contributed by atoms with van der Waals surface area (Å²) in [7, 11) is -2.95. The van der Waals surface area contributed by atoms with Gasteiger partial charge in [-0.15, -0.1) is 0 Å². The minimum absolute atomic E-state index is 0.00191. The first-order chi connectivity index (χ1) is 17.7. The predicted molar refractivity (Wildman–Crippen MR) is 133 cm³/mol. The maximum absolute atomic E-state index is 15.4. The van der Waals surface area contributed by atoms with Crippen LogP contribution in [-0.4, -0.2) is 66.7 Å². The molecule has 3 heterocycles. The van der Waals surface area contributed by atoms with Crippen LogP contribution in [0.5, 0.6) is 0 Å². The summed E-state index contributed by atoms with van der Waals surface area (Å²) in [6, 6.07) is 6.29. The summed E-state index contributed by atoms with van der Waals surface area (Å²) in [5, 5.41) is 1.09. The van der Waals surface area contributed by atoms with Crippen molar-refractivity contribution in [2.24, 2.45) is 4.99 Å². The number of sulfonamides is 1. The van der Waals surface area contributed by atoms with E-state index < -0.39 is 49.9 Å². The quantitative estimate of drug-likeness (QED) is 0.580. The number of benzene rings is 1. The highest BCUT2D eigenvalue weighted by molar-refractivity contribution is 7.90. The third-order valence-electron chi connectivity index (χ3n) is 6.26. The van der Waals surface area contributed by atoms with Gasteiger partial charge in [-0.25, -0.2) is 31.3 Å². The van der Waals surface area contributed by atoms with E-state index in [0.29, 0.717) is 5.56 Å². The number of halogens is 2. The highest BCUT2D eigenvalue weighted by Gasteiger charge is 2.56. The van der Waals surface area contributed by atoms with Gasteiger partial charge in [-0.05, 0) is 50.6 Å². The number of Topliss-reactive ketones (excluding diaryl/α,β-unsaturated/α-hetero) is 1. The van der Waals surface area contributed by atoms with Crippen LogP contribution in [-0.2, 0) is 31.5 Å². The summed E-state index contributed by atoms with van der Waals surface area (Å²) in [5.41, 5.74) is -2.15. The van der Waals surface area contributed by atoms with E-state index in [1.165, 1.54) is 25.2 Å². The van der Waals surface area contributed by atoms with E-state index in [-0.39, 0.29) is 43.3 Å². The van der Waals surface area contributed by atoms with Crippen molar-refractivity contribution in [3.63, 3.8) is 0 Å². The molecule has 1 fully saturated rings. The smallest absolute Gasteiger partial charge is 0.414 e. The maximum Gasteiger partial charge on any atom is 0.414 e. The zero-order valence-corrected chi connectivity index (χ0v) is 22.1. The number of nitrogens with one attached hydrogen (secondary N) is 1. The molecule has 13 heteroatoms. The van der Waals surface area contributed by atoms with Crippen LogP contribution in [0.25, 0.3) is 0 Å². The average Bonchev–Trinajstić information content (AvgIpc) is 2.83. The van der Waals surface area contributed by atoms with Gasteiger partial charge in [0.15, 0.2) is 5.78 Å². The molecule has 204 valence electrons. The molecular formula is C25H28F2N4O6S. The second-order valence-corrected chi connectivity index (χ2v) is 12.2. The predicted octanol–water partition coefficient (Wildman–Crippen LogP) is 2.93. The first-order valence-electron chi connectivity index (χ1n) is 11.8. The average molecular weight is 551 g/mol. The number of carbonyl (C=O) groups is 2. The van der Waals surface area contributed by atoms with Gasteiger partial charge in [0.25, 0.3) is 0 Å². The molecule has 1 aromatic heterocycles. The normalized spacial score (nSPS) is 22.7. The number of hydrogen-bond acceptors (Lipinski definition) is 8. The molecule has 2 aromatic rings. The number of alkyl carbamates (subject to hydrolysis) is 1. The number of rotatable bonds is 4. The third-order valence-corrected chi connectivity index (χ3v) is 8.44. The molecule has 10 nitrogen and oxygen atoms in total. The van der Waals surface area contributed by atoms with Gasteiger partial charge < -0.3 is 9.47 Å². The summed E-state index contributed by atoms with van der Waals surface area (Å²) in [4.78, 5) is 33.6. The number of ether oxygens (including phenoxy) is 2. The van der Waals surface area contributed by atoms with E-state index in [1.807, 2.05) is 0 Å². The van der Waals surface area contributed by atoms with Crippen LogP contribution in [0.3, 0.4) is 0 Å². The molecule has 2 aliphatic rings. The molecular weight excluding hydrogens is 522 g/mol. The maximum atomic E-state index is 15.4. The number of carbonyl (C=O) groups excluding carboxylic acids is 2. The van der Waals surface area contributed by atoms with Crippen molar-refractivity contribution in [2.75, 3.05) is 20.3 Å². The number of aliphatic imine (C=N–C) groups is 1. The molecule has 1 N–H and O–H groups in total. The topological polar surface area (TPSA) is 127 Å². The second kappa shape index (κ2) is 10.0. The summed E-state index contributed by atoms with van der Waals surface area (Å²) < 4.78 is 67.2. The van der Waals surface area contributed by atoms with E-state index in [1.54, 1.807) is 20.8 Å². The molecule has 0 saturated carbocycles. The molecule has 1 unspecified atom stereocenters. The van der Waals surface area contributed by atoms with Crippen LogP contribution in [0.1, 0.15) is 48.8 Å². The summed E-state index contributed by atoms with van der Waals surface area (Å²) in [6.45, 7) is 4.78. The Labute approximate surface area is 219 Å². The zero-order chi connectivity index (χ0) is 27.9. The lowest BCUT2D eigenvalue weighted by Crippen LogP contribution is -2.62. The second-order valence-electron chi connectivity index (χ2n) is 10.1. The molecule has 0 aliphatic carbocycles. The lowest BCUT2D eigenvalue weighted by atomic mass is 9.81. The van der Waals surface area contributed by atoms with Crippen LogP contribution in [0, 0.1) is 11.6 Å². The Kier molecular flexibility index (Phi) is 7.28. The van der Waals surface area contributed by atoms with Crippen molar-refractivity contribution in [1.29, 1.82) is 0 Å². The van der Waals surface area contributed by atoms with Crippen LogP contribution < -0.4 is 5.32 Å². The number of amides is 1. The van der Waals surface area contributed by atoms with E-state index in [9.17, 15) is 22.4 Å². The zero-order valence-electron chi connectivity index (χ0n) is 21.3. The molecule has 0 radical (unpaired) electrons. The highest BCUT2D eigenvalue weighted by Crippen LogP contribution is 2.44. The first kappa shape index (κ1) is 27.6.